The lowest BCUT2D eigenvalue weighted by Gasteiger charge is -2.25. The Kier molecular flexibility index (Phi) is 1.99. The third-order valence-electron chi connectivity index (χ3n) is 3.71. The van der Waals surface area contributed by atoms with E-state index in [1.165, 1.54) is 19.5 Å². The quantitative estimate of drug-likeness (QED) is 0.628. The lowest BCUT2D eigenvalue weighted by atomic mass is 9.92. The first-order chi connectivity index (χ1) is 6.83. The molecule has 2 bridgehead atoms. The van der Waals surface area contributed by atoms with Gasteiger partial charge >= 0.3 is 0 Å². The van der Waals surface area contributed by atoms with E-state index in [1.54, 1.807) is 5.06 Å². The molecule has 4 nitrogen and oxygen atoms in total. The highest BCUT2D eigenvalue weighted by molar-refractivity contribution is 5.76. The predicted molar refractivity (Wildman–Crippen MR) is 50.3 cm³/mol. The molecular weight excluding hydrogens is 180 g/mol. The molecule has 14 heavy (non-hydrogen) atoms. The number of rotatable bonds is 2. The number of hydrogen-bond donors (Lipinski definition) is 0. The molecule has 78 valence electrons. The normalized spacial score (nSPS) is 41.3. The Bertz CT molecular complexity index is 257. The van der Waals surface area contributed by atoms with E-state index >= 15 is 0 Å². The Labute approximate surface area is 83.8 Å². The van der Waals surface area contributed by atoms with Crippen molar-refractivity contribution in [1.82, 2.24) is 9.96 Å². The Morgan fingerprint density at radius 1 is 1.43 bits per heavy atom. The second-order valence-electron chi connectivity index (χ2n) is 4.61. The minimum Gasteiger partial charge on any atom is -0.303 e. The van der Waals surface area contributed by atoms with Crippen molar-refractivity contribution in [2.45, 2.75) is 12.8 Å². The summed E-state index contributed by atoms with van der Waals surface area (Å²) in [4.78, 5) is 19.2. The molecule has 1 amide bonds. The fourth-order valence-electron chi connectivity index (χ4n) is 2.91. The van der Waals surface area contributed by atoms with Crippen LogP contribution in [0.5, 0.6) is 0 Å². The average Bonchev–Trinajstić information content (AvgIpc) is 2.83. The van der Waals surface area contributed by atoms with Crippen LogP contribution in [0.2, 0.25) is 0 Å². The van der Waals surface area contributed by atoms with Gasteiger partial charge in [-0.1, -0.05) is 0 Å². The fraction of sp³-hybridized carbons (Fsp3) is 0.900. The minimum atomic E-state index is 0.169. The van der Waals surface area contributed by atoms with E-state index < -0.39 is 0 Å². The zero-order chi connectivity index (χ0) is 9.54. The van der Waals surface area contributed by atoms with Crippen molar-refractivity contribution < 1.29 is 9.63 Å². The predicted octanol–water partition coefficient (Wildman–Crippen LogP) is 0.102. The summed E-state index contributed by atoms with van der Waals surface area (Å²) in [5.41, 5.74) is 0. The molecule has 0 spiro atoms. The Balaban J connectivity index is 1.60. The summed E-state index contributed by atoms with van der Waals surface area (Å²) in [7, 11) is 0. The summed E-state index contributed by atoms with van der Waals surface area (Å²) in [5, 5.41) is 1.59. The van der Waals surface area contributed by atoms with Gasteiger partial charge in [0.15, 0.2) is 0 Å². The molecule has 4 heteroatoms. The summed E-state index contributed by atoms with van der Waals surface area (Å²) >= 11 is 0. The van der Waals surface area contributed by atoms with E-state index in [4.69, 9.17) is 4.84 Å². The van der Waals surface area contributed by atoms with Crippen LogP contribution in [0.3, 0.4) is 0 Å². The summed E-state index contributed by atoms with van der Waals surface area (Å²) in [6.45, 7) is 5.07. The molecule has 0 saturated carbocycles. The van der Waals surface area contributed by atoms with Gasteiger partial charge in [0.05, 0.1) is 19.6 Å². The molecule has 0 aliphatic carbocycles. The van der Waals surface area contributed by atoms with Gasteiger partial charge in [-0.05, 0) is 24.8 Å². The smallest absolute Gasteiger partial charge is 0.248 e. The highest BCUT2D eigenvalue weighted by atomic mass is 16.7. The second-order valence-corrected chi connectivity index (χ2v) is 4.61. The second kappa shape index (κ2) is 3.21. The number of nitrogens with zero attached hydrogens (tertiary/aromatic N) is 2. The van der Waals surface area contributed by atoms with Crippen molar-refractivity contribution in [2.75, 3.05) is 32.8 Å². The Morgan fingerprint density at radius 2 is 2.36 bits per heavy atom. The van der Waals surface area contributed by atoms with Crippen molar-refractivity contribution in [3.05, 3.63) is 0 Å². The summed E-state index contributed by atoms with van der Waals surface area (Å²) in [6, 6.07) is 0. The van der Waals surface area contributed by atoms with Crippen LogP contribution < -0.4 is 0 Å². The van der Waals surface area contributed by atoms with Crippen LogP contribution in [0.4, 0.5) is 0 Å². The molecule has 3 aliphatic heterocycles. The molecule has 0 radical (unpaired) electrons. The number of hydrogen-bond acceptors (Lipinski definition) is 3. The van der Waals surface area contributed by atoms with Crippen molar-refractivity contribution in [2.24, 2.45) is 11.8 Å². The molecule has 3 saturated heterocycles. The van der Waals surface area contributed by atoms with Gasteiger partial charge in [0.25, 0.3) is 0 Å². The van der Waals surface area contributed by atoms with Crippen LogP contribution in [0.1, 0.15) is 12.8 Å². The highest BCUT2D eigenvalue weighted by Crippen LogP contribution is 2.33. The molecular formula is C10H16N2O2. The lowest BCUT2D eigenvalue weighted by Crippen LogP contribution is -2.35. The third kappa shape index (κ3) is 1.33. The van der Waals surface area contributed by atoms with Crippen molar-refractivity contribution in [3.63, 3.8) is 0 Å². The molecule has 3 heterocycles. The highest BCUT2D eigenvalue weighted by Gasteiger charge is 2.40. The van der Waals surface area contributed by atoms with E-state index in [-0.39, 0.29) is 5.91 Å². The van der Waals surface area contributed by atoms with E-state index in [0.29, 0.717) is 18.9 Å². The Hall–Kier alpha value is -0.610. The monoisotopic (exact) mass is 196 g/mol. The summed E-state index contributed by atoms with van der Waals surface area (Å²) < 4.78 is 0. The number of amides is 1. The first-order valence-electron chi connectivity index (χ1n) is 5.48. The molecule has 0 aromatic carbocycles. The maximum atomic E-state index is 11.4. The van der Waals surface area contributed by atoms with Crippen molar-refractivity contribution in [1.29, 1.82) is 0 Å². The fourth-order valence-corrected chi connectivity index (χ4v) is 2.91. The molecule has 3 unspecified atom stereocenters. The van der Waals surface area contributed by atoms with Crippen LogP contribution in [0, 0.1) is 11.8 Å². The van der Waals surface area contributed by atoms with Crippen LogP contribution in [0.25, 0.3) is 0 Å². The molecule has 0 aromatic heterocycles. The van der Waals surface area contributed by atoms with E-state index in [0.717, 1.165) is 19.0 Å². The topological polar surface area (TPSA) is 32.8 Å². The van der Waals surface area contributed by atoms with E-state index in [1.807, 2.05) is 0 Å². The van der Waals surface area contributed by atoms with Crippen molar-refractivity contribution in [3.8, 4) is 0 Å². The molecule has 3 atom stereocenters. The zero-order valence-electron chi connectivity index (χ0n) is 8.32. The van der Waals surface area contributed by atoms with E-state index in [9.17, 15) is 4.79 Å². The van der Waals surface area contributed by atoms with Gasteiger partial charge in [-0.15, -0.1) is 0 Å². The van der Waals surface area contributed by atoms with Crippen LogP contribution in [-0.2, 0) is 9.63 Å². The van der Waals surface area contributed by atoms with Gasteiger partial charge in [0.2, 0.25) is 5.91 Å². The number of hydroxylamine groups is 2. The standard InChI is InChI=1S/C10H16N2O2/c13-10-2-4-14-12(10)7-9-6-11-3-1-8(9)5-11/h8-9H,1-7H2. The Morgan fingerprint density at radius 3 is 2.93 bits per heavy atom. The van der Waals surface area contributed by atoms with E-state index in [2.05, 4.69) is 4.90 Å². The summed E-state index contributed by atoms with van der Waals surface area (Å²) in [6.07, 6.45) is 1.88. The molecule has 3 rings (SSSR count). The van der Waals surface area contributed by atoms with Gasteiger partial charge in [-0.25, -0.2) is 5.06 Å². The number of carbonyl (C=O) groups is 1. The molecule has 3 fully saturated rings. The van der Waals surface area contributed by atoms with Gasteiger partial charge in [-0.3, -0.25) is 9.63 Å². The maximum absolute atomic E-state index is 11.4. The molecule has 3 aliphatic rings. The van der Waals surface area contributed by atoms with Gasteiger partial charge in [-0.2, -0.15) is 0 Å². The van der Waals surface area contributed by atoms with Crippen LogP contribution >= 0.6 is 0 Å². The SMILES string of the molecule is O=C1CCON1CC1CN2CCC1C2. The largest absolute Gasteiger partial charge is 0.303 e. The van der Waals surface area contributed by atoms with Crippen LogP contribution in [0.15, 0.2) is 0 Å². The first-order valence-corrected chi connectivity index (χ1v) is 5.48. The van der Waals surface area contributed by atoms with Gasteiger partial charge in [0.1, 0.15) is 0 Å². The molecule has 0 aromatic rings. The zero-order valence-corrected chi connectivity index (χ0v) is 8.32. The first kappa shape index (κ1) is 8.68. The third-order valence-corrected chi connectivity index (χ3v) is 3.71. The minimum absolute atomic E-state index is 0.169. The van der Waals surface area contributed by atoms with Crippen molar-refractivity contribution >= 4 is 5.91 Å². The number of fused-ring (bicyclic) bond motifs is 2. The average molecular weight is 196 g/mol. The maximum Gasteiger partial charge on any atom is 0.248 e. The van der Waals surface area contributed by atoms with Gasteiger partial charge < -0.3 is 4.90 Å². The number of carbonyl (C=O) groups excluding carboxylic acids is 1. The van der Waals surface area contributed by atoms with Gasteiger partial charge in [0, 0.05) is 13.1 Å². The molecule has 0 N–H and O–H groups in total. The summed E-state index contributed by atoms with van der Waals surface area (Å²) in [5.74, 6) is 1.64. The number of piperidine rings is 1. The lowest BCUT2D eigenvalue weighted by molar-refractivity contribution is -0.165. The van der Waals surface area contributed by atoms with Crippen LogP contribution in [-0.4, -0.2) is 48.7 Å².